The van der Waals surface area contributed by atoms with Gasteiger partial charge in [0.15, 0.2) is 5.82 Å². The predicted octanol–water partition coefficient (Wildman–Crippen LogP) is 1.10. The molecule has 108 valence electrons. The summed E-state index contributed by atoms with van der Waals surface area (Å²) in [6.07, 6.45) is 2.24. The van der Waals surface area contributed by atoms with Crippen molar-refractivity contribution in [2.24, 2.45) is 7.05 Å². The summed E-state index contributed by atoms with van der Waals surface area (Å²) in [5.41, 5.74) is 7.78. The molecule has 0 radical (unpaired) electrons. The summed E-state index contributed by atoms with van der Waals surface area (Å²) in [6.45, 7) is 2.38. The van der Waals surface area contributed by atoms with Crippen LogP contribution in [-0.4, -0.2) is 27.2 Å². The number of nitrogens with two attached hydrogens (primary N) is 1. The number of anilines is 1. The molecule has 0 aliphatic rings. The number of nitrogen functional groups attached to an aromatic ring is 1. The molecule has 1 aromatic heterocycles. The van der Waals surface area contributed by atoms with E-state index in [1.165, 1.54) is 0 Å². The largest absolute Gasteiger partial charge is 0.399 e. The average Bonchev–Trinajstić information content (AvgIpc) is 2.78. The Bertz CT molecular complexity index is 596. The van der Waals surface area contributed by atoms with Crippen molar-refractivity contribution in [3.05, 3.63) is 41.5 Å². The molecule has 3 N–H and O–H groups in total. The Kier molecular flexibility index (Phi) is 5.52. The lowest BCUT2D eigenvalue weighted by Crippen LogP contribution is -2.26. The van der Waals surface area contributed by atoms with Gasteiger partial charge in [0, 0.05) is 31.3 Å². The Balaban J connectivity index is 0.00000200. The van der Waals surface area contributed by atoms with Crippen LogP contribution in [0.15, 0.2) is 24.5 Å². The molecule has 0 unspecified atom stereocenters. The number of rotatable bonds is 4. The maximum atomic E-state index is 12.0. The van der Waals surface area contributed by atoms with Crippen LogP contribution in [0.3, 0.4) is 0 Å². The Morgan fingerprint density at radius 2 is 2.20 bits per heavy atom. The Morgan fingerprint density at radius 1 is 1.45 bits per heavy atom. The number of nitrogens with one attached hydrogen (secondary N) is 1. The Morgan fingerprint density at radius 3 is 2.85 bits per heavy atom. The molecule has 0 bridgehead atoms. The van der Waals surface area contributed by atoms with E-state index < -0.39 is 0 Å². The van der Waals surface area contributed by atoms with Gasteiger partial charge in [-0.05, 0) is 24.6 Å². The minimum Gasteiger partial charge on any atom is -0.399 e. The molecule has 2 rings (SSSR count). The summed E-state index contributed by atoms with van der Waals surface area (Å²) < 4.78 is 1.64. The van der Waals surface area contributed by atoms with Crippen molar-refractivity contribution in [2.75, 3.05) is 12.3 Å². The third kappa shape index (κ3) is 3.96. The molecular weight excluding hydrogens is 278 g/mol. The molecule has 0 saturated carbocycles. The fourth-order valence-electron chi connectivity index (χ4n) is 1.77. The third-order valence-electron chi connectivity index (χ3n) is 2.79. The highest BCUT2D eigenvalue weighted by atomic mass is 35.5. The third-order valence-corrected chi connectivity index (χ3v) is 2.79. The molecule has 0 spiro atoms. The summed E-state index contributed by atoms with van der Waals surface area (Å²) in [4.78, 5) is 16.1. The van der Waals surface area contributed by atoms with Crippen LogP contribution in [0.5, 0.6) is 0 Å². The van der Waals surface area contributed by atoms with Crippen LogP contribution in [0.25, 0.3) is 0 Å². The van der Waals surface area contributed by atoms with Gasteiger partial charge in [-0.1, -0.05) is 6.07 Å². The first-order valence-corrected chi connectivity index (χ1v) is 6.05. The maximum Gasteiger partial charge on any atom is 0.251 e. The van der Waals surface area contributed by atoms with Gasteiger partial charge in [-0.3, -0.25) is 9.48 Å². The highest BCUT2D eigenvalue weighted by molar-refractivity contribution is 5.96. The van der Waals surface area contributed by atoms with Crippen LogP contribution in [0.1, 0.15) is 21.7 Å². The van der Waals surface area contributed by atoms with Crippen LogP contribution < -0.4 is 11.1 Å². The first-order chi connectivity index (χ1) is 9.06. The number of carbonyl (C=O) groups excluding carboxylic acids is 1. The van der Waals surface area contributed by atoms with Crippen molar-refractivity contribution in [1.29, 1.82) is 0 Å². The molecule has 2 aromatic rings. The fourth-order valence-corrected chi connectivity index (χ4v) is 1.77. The summed E-state index contributed by atoms with van der Waals surface area (Å²) in [5, 5.41) is 6.99. The molecule has 1 aromatic carbocycles. The van der Waals surface area contributed by atoms with E-state index in [9.17, 15) is 4.79 Å². The van der Waals surface area contributed by atoms with E-state index >= 15 is 0 Å². The van der Waals surface area contributed by atoms with Crippen molar-refractivity contribution >= 4 is 24.0 Å². The number of halogens is 1. The number of aryl methyl sites for hydroxylation is 2. The van der Waals surface area contributed by atoms with Crippen molar-refractivity contribution in [3.63, 3.8) is 0 Å². The molecule has 20 heavy (non-hydrogen) atoms. The molecule has 0 aliphatic heterocycles. The number of hydrogen-bond acceptors (Lipinski definition) is 4. The van der Waals surface area contributed by atoms with Gasteiger partial charge in [0.1, 0.15) is 6.33 Å². The van der Waals surface area contributed by atoms with Crippen LogP contribution in [0, 0.1) is 6.92 Å². The lowest BCUT2D eigenvalue weighted by Gasteiger charge is -2.07. The SMILES string of the molecule is Cc1ccc(N)cc1C(=O)NCCc1ncn(C)n1.Cl. The molecular formula is C13H18ClN5O. The smallest absolute Gasteiger partial charge is 0.251 e. The van der Waals surface area contributed by atoms with Crippen molar-refractivity contribution in [3.8, 4) is 0 Å². The standard InChI is InChI=1S/C13H17N5O.ClH/c1-9-3-4-10(14)7-11(9)13(19)15-6-5-12-16-8-18(2)17-12;/h3-4,7-8H,5-6,14H2,1-2H3,(H,15,19);1H. The zero-order valence-corrected chi connectivity index (χ0v) is 12.3. The first-order valence-electron chi connectivity index (χ1n) is 6.05. The van der Waals surface area contributed by atoms with E-state index in [0.29, 0.717) is 30.0 Å². The van der Waals surface area contributed by atoms with Crippen LogP contribution >= 0.6 is 12.4 Å². The van der Waals surface area contributed by atoms with E-state index in [2.05, 4.69) is 15.4 Å². The van der Waals surface area contributed by atoms with Gasteiger partial charge in [-0.2, -0.15) is 5.10 Å². The van der Waals surface area contributed by atoms with Gasteiger partial charge < -0.3 is 11.1 Å². The van der Waals surface area contributed by atoms with Crippen LogP contribution in [-0.2, 0) is 13.5 Å². The number of benzene rings is 1. The molecule has 0 saturated heterocycles. The molecule has 1 amide bonds. The van der Waals surface area contributed by atoms with Crippen molar-refractivity contribution in [2.45, 2.75) is 13.3 Å². The van der Waals surface area contributed by atoms with Gasteiger partial charge in [0.2, 0.25) is 0 Å². The molecule has 1 heterocycles. The lowest BCUT2D eigenvalue weighted by atomic mass is 10.1. The quantitative estimate of drug-likeness (QED) is 0.827. The van der Waals surface area contributed by atoms with Crippen LogP contribution in [0.4, 0.5) is 5.69 Å². The van der Waals surface area contributed by atoms with Gasteiger partial charge >= 0.3 is 0 Å². The van der Waals surface area contributed by atoms with Gasteiger partial charge in [0.05, 0.1) is 0 Å². The number of nitrogens with zero attached hydrogens (tertiary/aromatic N) is 3. The van der Waals surface area contributed by atoms with Gasteiger partial charge in [-0.15, -0.1) is 12.4 Å². The second-order valence-electron chi connectivity index (χ2n) is 4.41. The molecule has 0 atom stereocenters. The van der Waals surface area contributed by atoms with E-state index in [-0.39, 0.29) is 18.3 Å². The number of amides is 1. The fraction of sp³-hybridized carbons (Fsp3) is 0.308. The highest BCUT2D eigenvalue weighted by Crippen LogP contribution is 2.12. The number of carbonyl (C=O) groups is 1. The summed E-state index contributed by atoms with van der Waals surface area (Å²) in [6, 6.07) is 5.30. The minimum absolute atomic E-state index is 0. The highest BCUT2D eigenvalue weighted by Gasteiger charge is 2.09. The summed E-state index contributed by atoms with van der Waals surface area (Å²) in [7, 11) is 1.81. The zero-order valence-electron chi connectivity index (χ0n) is 11.5. The normalized spacial score (nSPS) is 9.90. The van der Waals surface area contributed by atoms with E-state index in [0.717, 1.165) is 5.56 Å². The maximum absolute atomic E-state index is 12.0. The summed E-state index contributed by atoms with van der Waals surface area (Å²) >= 11 is 0. The molecule has 6 nitrogen and oxygen atoms in total. The monoisotopic (exact) mass is 295 g/mol. The predicted molar refractivity (Wildman–Crippen MR) is 79.9 cm³/mol. The van der Waals surface area contributed by atoms with Gasteiger partial charge in [0.25, 0.3) is 5.91 Å². The van der Waals surface area contributed by atoms with E-state index in [1.807, 2.05) is 20.0 Å². The van der Waals surface area contributed by atoms with Crippen LogP contribution in [0.2, 0.25) is 0 Å². The van der Waals surface area contributed by atoms with Crippen molar-refractivity contribution in [1.82, 2.24) is 20.1 Å². The second kappa shape index (κ2) is 6.91. The van der Waals surface area contributed by atoms with Gasteiger partial charge in [-0.25, -0.2) is 4.98 Å². The molecule has 0 aliphatic carbocycles. The molecule has 7 heteroatoms. The number of hydrogen-bond donors (Lipinski definition) is 2. The van der Waals surface area contributed by atoms with E-state index in [4.69, 9.17) is 5.73 Å². The second-order valence-corrected chi connectivity index (χ2v) is 4.41. The Labute approximate surface area is 123 Å². The lowest BCUT2D eigenvalue weighted by molar-refractivity contribution is 0.0953. The first kappa shape index (κ1) is 16.0. The Hall–Kier alpha value is -2.08. The zero-order chi connectivity index (χ0) is 13.8. The summed E-state index contributed by atoms with van der Waals surface area (Å²) in [5.74, 6) is 0.591. The number of aromatic nitrogens is 3. The van der Waals surface area contributed by atoms with Crippen molar-refractivity contribution < 1.29 is 4.79 Å². The minimum atomic E-state index is -0.124. The van der Waals surface area contributed by atoms with E-state index in [1.54, 1.807) is 23.1 Å². The topological polar surface area (TPSA) is 85.8 Å². The molecule has 0 fully saturated rings. The average molecular weight is 296 g/mol.